The third kappa shape index (κ3) is 4.91. The molecule has 1 atom stereocenters. The van der Waals surface area contributed by atoms with E-state index in [4.69, 9.17) is 14.2 Å². The van der Waals surface area contributed by atoms with Gasteiger partial charge in [0.2, 0.25) is 5.91 Å². The second-order valence-corrected chi connectivity index (χ2v) is 7.00. The number of carbonyl (C=O) groups excluding carboxylic acids is 2. The minimum Gasteiger partial charge on any atom is -0.486 e. The Morgan fingerprint density at radius 2 is 1.93 bits per heavy atom. The molecule has 0 unspecified atom stereocenters. The molecule has 0 spiro atoms. The Bertz CT molecular complexity index is 658. The molecule has 7 nitrogen and oxygen atoms in total. The zero-order valence-electron chi connectivity index (χ0n) is 16.1. The topological polar surface area (TPSA) is 68.3 Å². The molecule has 7 heteroatoms. The van der Waals surface area contributed by atoms with Crippen molar-refractivity contribution >= 4 is 11.9 Å². The van der Waals surface area contributed by atoms with E-state index in [1.165, 1.54) is 7.11 Å². The Labute approximate surface area is 160 Å². The van der Waals surface area contributed by atoms with Gasteiger partial charge in [-0.3, -0.25) is 14.5 Å². The van der Waals surface area contributed by atoms with Gasteiger partial charge in [0.1, 0.15) is 12.7 Å². The number of hydrogen-bond donors (Lipinski definition) is 0. The summed E-state index contributed by atoms with van der Waals surface area (Å²) in [6.07, 6.45) is 1.24. The van der Waals surface area contributed by atoms with Gasteiger partial charge in [-0.1, -0.05) is 19.1 Å². The number of likely N-dealkylation sites (tertiary alicyclic amines) is 1. The lowest BCUT2D eigenvalue weighted by molar-refractivity contribution is -0.149. The average molecular weight is 376 g/mol. The summed E-state index contributed by atoms with van der Waals surface area (Å²) in [4.78, 5) is 28.2. The number of carbonyl (C=O) groups is 2. The number of rotatable bonds is 6. The number of ether oxygens (including phenoxy) is 3. The van der Waals surface area contributed by atoms with Gasteiger partial charge in [0.25, 0.3) is 0 Å². The summed E-state index contributed by atoms with van der Waals surface area (Å²) >= 11 is 0. The first kappa shape index (κ1) is 19.5. The molecular weight excluding hydrogens is 348 g/mol. The number of piperidine rings is 1. The molecule has 0 saturated carbocycles. The largest absolute Gasteiger partial charge is 0.486 e. The van der Waals surface area contributed by atoms with E-state index in [1.807, 2.05) is 36.1 Å². The summed E-state index contributed by atoms with van der Waals surface area (Å²) in [5.41, 5.74) is 0. The molecule has 3 rings (SSSR count). The average Bonchev–Trinajstić information content (AvgIpc) is 2.72. The second kappa shape index (κ2) is 9.08. The van der Waals surface area contributed by atoms with Crippen molar-refractivity contribution < 1.29 is 23.8 Å². The highest BCUT2D eigenvalue weighted by Crippen LogP contribution is 2.31. The van der Waals surface area contributed by atoms with Crippen LogP contribution in [0.15, 0.2) is 24.3 Å². The van der Waals surface area contributed by atoms with Crippen molar-refractivity contribution in [2.45, 2.75) is 25.9 Å². The van der Waals surface area contributed by atoms with E-state index in [0.29, 0.717) is 45.6 Å². The Hall–Kier alpha value is -2.28. The fourth-order valence-electron chi connectivity index (χ4n) is 3.57. The zero-order valence-corrected chi connectivity index (χ0v) is 16.1. The standard InChI is InChI=1S/C20H28N2O5/c1-3-21(12-16-14-26-17-6-4-5-7-18(17)27-16)13-19(23)22-10-8-15(9-11-22)20(24)25-2/h4-7,15-16H,3,8-14H2,1-2H3/t16-/m0/s1. The van der Waals surface area contributed by atoms with Crippen LogP contribution in [-0.2, 0) is 14.3 Å². The first-order chi connectivity index (χ1) is 13.1. The van der Waals surface area contributed by atoms with Gasteiger partial charge >= 0.3 is 5.97 Å². The van der Waals surface area contributed by atoms with Crippen LogP contribution in [-0.4, -0.2) is 74.2 Å². The van der Waals surface area contributed by atoms with Crippen molar-refractivity contribution in [1.29, 1.82) is 0 Å². The smallest absolute Gasteiger partial charge is 0.308 e. The summed E-state index contributed by atoms with van der Waals surface area (Å²) in [6.45, 7) is 5.46. The van der Waals surface area contributed by atoms with Crippen LogP contribution in [0.1, 0.15) is 19.8 Å². The van der Waals surface area contributed by atoms with E-state index >= 15 is 0 Å². The van der Waals surface area contributed by atoms with Crippen LogP contribution in [0.25, 0.3) is 0 Å². The molecule has 1 fully saturated rings. The van der Waals surface area contributed by atoms with Gasteiger partial charge in [0, 0.05) is 19.6 Å². The molecule has 0 N–H and O–H groups in total. The van der Waals surface area contributed by atoms with Gasteiger partial charge in [0.15, 0.2) is 11.5 Å². The third-order valence-corrected chi connectivity index (χ3v) is 5.22. The Balaban J connectivity index is 1.48. The lowest BCUT2D eigenvalue weighted by Gasteiger charge is -2.34. The van der Waals surface area contributed by atoms with Crippen LogP contribution < -0.4 is 9.47 Å². The monoisotopic (exact) mass is 376 g/mol. The van der Waals surface area contributed by atoms with Gasteiger partial charge in [-0.15, -0.1) is 0 Å². The molecule has 0 radical (unpaired) electrons. The normalized spacial score (nSPS) is 19.8. The molecule has 148 valence electrons. The highest BCUT2D eigenvalue weighted by molar-refractivity contribution is 5.79. The number of esters is 1. The predicted molar refractivity (Wildman–Crippen MR) is 99.8 cm³/mol. The predicted octanol–water partition coefficient (Wildman–Crippen LogP) is 1.56. The zero-order chi connectivity index (χ0) is 19.2. The quantitative estimate of drug-likeness (QED) is 0.702. The minimum atomic E-state index is -0.174. The second-order valence-electron chi connectivity index (χ2n) is 7.00. The number of benzene rings is 1. The first-order valence-corrected chi connectivity index (χ1v) is 9.57. The molecule has 27 heavy (non-hydrogen) atoms. The van der Waals surface area contributed by atoms with Gasteiger partial charge in [-0.05, 0) is 31.5 Å². The maximum atomic E-state index is 12.6. The first-order valence-electron chi connectivity index (χ1n) is 9.57. The van der Waals surface area contributed by atoms with Gasteiger partial charge < -0.3 is 19.1 Å². The molecule has 1 aromatic carbocycles. The van der Waals surface area contributed by atoms with E-state index in [1.54, 1.807) is 0 Å². The van der Waals surface area contributed by atoms with Crippen molar-refractivity contribution in [3.05, 3.63) is 24.3 Å². The maximum absolute atomic E-state index is 12.6. The van der Waals surface area contributed by atoms with E-state index in [0.717, 1.165) is 18.0 Å². The van der Waals surface area contributed by atoms with Crippen molar-refractivity contribution in [2.24, 2.45) is 5.92 Å². The van der Waals surface area contributed by atoms with Gasteiger partial charge in [-0.25, -0.2) is 0 Å². The molecule has 1 aromatic rings. The number of methoxy groups -OCH3 is 1. The molecule has 2 heterocycles. The molecule has 2 aliphatic heterocycles. The number of likely N-dealkylation sites (N-methyl/N-ethyl adjacent to an activating group) is 1. The summed E-state index contributed by atoms with van der Waals surface area (Å²) in [5, 5.41) is 0. The lowest BCUT2D eigenvalue weighted by atomic mass is 9.97. The molecule has 0 aromatic heterocycles. The number of nitrogens with zero attached hydrogens (tertiary/aromatic N) is 2. The van der Waals surface area contributed by atoms with Crippen molar-refractivity contribution in [3.63, 3.8) is 0 Å². The van der Waals surface area contributed by atoms with Crippen molar-refractivity contribution in [1.82, 2.24) is 9.80 Å². The molecule has 1 saturated heterocycles. The highest BCUT2D eigenvalue weighted by atomic mass is 16.6. The van der Waals surface area contributed by atoms with E-state index in [2.05, 4.69) is 4.90 Å². The van der Waals surface area contributed by atoms with Crippen LogP contribution in [0.4, 0.5) is 0 Å². The van der Waals surface area contributed by atoms with Crippen LogP contribution in [0.2, 0.25) is 0 Å². The van der Waals surface area contributed by atoms with E-state index in [9.17, 15) is 9.59 Å². The van der Waals surface area contributed by atoms with Crippen LogP contribution in [0, 0.1) is 5.92 Å². The molecular formula is C20H28N2O5. The molecule has 0 aliphatic carbocycles. The lowest BCUT2D eigenvalue weighted by Crippen LogP contribution is -2.48. The Kier molecular flexibility index (Phi) is 6.55. The van der Waals surface area contributed by atoms with Crippen LogP contribution in [0.3, 0.4) is 0 Å². The van der Waals surface area contributed by atoms with Crippen LogP contribution in [0.5, 0.6) is 11.5 Å². The minimum absolute atomic E-state index is 0.0887. The number of amides is 1. The van der Waals surface area contributed by atoms with Crippen molar-refractivity contribution in [3.8, 4) is 11.5 Å². The van der Waals surface area contributed by atoms with E-state index in [-0.39, 0.29) is 23.9 Å². The van der Waals surface area contributed by atoms with E-state index < -0.39 is 0 Å². The Morgan fingerprint density at radius 1 is 1.22 bits per heavy atom. The van der Waals surface area contributed by atoms with Crippen LogP contribution >= 0.6 is 0 Å². The Morgan fingerprint density at radius 3 is 2.59 bits per heavy atom. The number of hydrogen-bond acceptors (Lipinski definition) is 6. The summed E-state index contributed by atoms with van der Waals surface area (Å²) in [6, 6.07) is 7.63. The number of fused-ring (bicyclic) bond motifs is 1. The van der Waals surface area contributed by atoms with Crippen molar-refractivity contribution in [2.75, 3.05) is 46.4 Å². The summed E-state index contributed by atoms with van der Waals surface area (Å²) < 4.78 is 16.6. The molecule has 0 bridgehead atoms. The highest BCUT2D eigenvalue weighted by Gasteiger charge is 2.29. The number of para-hydroxylation sites is 2. The fraction of sp³-hybridized carbons (Fsp3) is 0.600. The SMILES string of the molecule is CCN(CC(=O)N1CCC(C(=O)OC)CC1)C[C@H]1COc2ccccc2O1. The van der Waals surface area contributed by atoms with Gasteiger partial charge in [-0.2, -0.15) is 0 Å². The maximum Gasteiger partial charge on any atom is 0.308 e. The third-order valence-electron chi connectivity index (χ3n) is 5.22. The van der Waals surface area contributed by atoms with Gasteiger partial charge in [0.05, 0.1) is 19.6 Å². The fourth-order valence-corrected chi connectivity index (χ4v) is 3.57. The molecule has 1 amide bonds. The molecule has 2 aliphatic rings. The summed E-state index contributed by atoms with van der Waals surface area (Å²) in [5.74, 6) is 1.35. The summed E-state index contributed by atoms with van der Waals surface area (Å²) in [7, 11) is 1.41.